The highest BCUT2D eigenvalue weighted by Gasteiger charge is 2.48. The van der Waals surface area contributed by atoms with Crippen molar-refractivity contribution in [3.05, 3.63) is 66.1 Å². The summed E-state index contributed by atoms with van der Waals surface area (Å²) >= 11 is 0. The van der Waals surface area contributed by atoms with Gasteiger partial charge in [-0.15, -0.1) is 0 Å². The molecule has 0 fully saturated rings. The van der Waals surface area contributed by atoms with Crippen LogP contribution in [-0.4, -0.2) is 51.8 Å². The molecule has 1 N–H and O–H groups in total. The summed E-state index contributed by atoms with van der Waals surface area (Å²) in [4.78, 5) is 30.3. The minimum Gasteiger partial charge on any atom is -0.434 e. The quantitative estimate of drug-likeness (QED) is 0.130. The second kappa shape index (κ2) is 13.7. The molecule has 0 saturated heterocycles. The maximum atomic E-state index is 13.5. The van der Waals surface area contributed by atoms with Crippen LogP contribution in [0.1, 0.15) is 70.6 Å². The third kappa shape index (κ3) is 7.89. The molecule has 0 unspecified atom stereocenters. The van der Waals surface area contributed by atoms with Crippen LogP contribution in [0.15, 0.2) is 59.0 Å². The molecule has 3 rings (SSSR count). The number of ketones is 1. The van der Waals surface area contributed by atoms with E-state index in [1.54, 1.807) is 36.4 Å². The van der Waals surface area contributed by atoms with Crippen LogP contribution in [0.4, 0.5) is 0 Å². The number of nitrogens with zero attached hydrogens (tertiary/aromatic N) is 1. The molecule has 0 spiro atoms. The lowest BCUT2D eigenvalue weighted by Gasteiger charge is -2.44. The number of hydrogen-bond donors (Lipinski definition) is 1. The number of benzene rings is 2. The van der Waals surface area contributed by atoms with Gasteiger partial charge in [0.2, 0.25) is 20.0 Å². The predicted octanol–water partition coefficient (Wildman–Crippen LogP) is 6.08. The maximum absolute atomic E-state index is 13.5. The average Bonchev–Trinajstić information content (AvgIpc) is 3.33. The zero-order valence-electron chi connectivity index (χ0n) is 24.3. The summed E-state index contributed by atoms with van der Waals surface area (Å²) in [5.74, 6) is -1.25. The van der Waals surface area contributed by atoms with Crippen molar-refractivity contribution in [1.82, 2.24) is 10.3 Å². The van der Waals surface area contributed by atoms with Gasteiger partial charge in [-0.05, 0) is 40.7 Å². The Morgan fingerprint density at radius 2 is 1.52 bits per heavy atom. The van der Waals surface area contributed by atoms with E-state index in [4.69, 9.17) is 8.84 Å². The van der Waals surface area contributed by atoms with Gasteiger partial charge in [0.1, 0.15) is 11.6 Å². The van der Waals surface area contributed by atoms with Gasteiger partial charge in [-0.1, -0.05) is 84.0 Å². The first-order chi connectivity index (χ1) is 18.9. The van der Waals surface area contributed by atoms with Gasteiger partial charge >= 0.3 is 0 Å². The summed E-state index contributed by atoms with van der Waals surface area (Å²) in [6, 6.07) is 16.1. The molecular formula is C30H42N2O6SSi. The normalized spacial score (nSPS) is 13.3. The minimum absolute atomic E-state index is 0.0438. The number of fused-ring (bicyclic) bond motifs is 1. The first-order valence-electron chi connectivity index (χ1n) is 13.9. The molecule has 40 heavy (non-hydrogen) atoms. The number of carbonyl (C=O) groups excluding carboxylic acids is 2. The molecule has 1 heterocycles. The fourth-order valence-electron chi connectivity index (χ4n) is 5.61. The number of Topliss-reactive ketones (excluding diaryl/α,β-unsaturated/α-hetero) is 1. The van der Waals surface area contributed by atoms with Gasteiger partial charge in [-0.3, -0.25) is 9.59 Å². The van der Waals surface area contributed by atoms with Gasteiger partial charge in [0.25, 0.3) is 5.89 Å². The number of rotatable bonds is 15. The lowest BCUT2D eigenvalue weighted by molar-refractivity contribution is -0.127. The summed E-state index contributed by atoms with van der Waals surface area (Å²) in [5, 5.41) is 2.83. The van der Waals surface area contributed by atoms with E-state index in [9.17, 15) is 18.0 Å². The van der Waals surface area contributed by atoms with Crippen LogP contribution in [0, 0.1) is 0 Å². The second-order valence-electron chi connectivity index (χ2n) is 11.3. The van der Waals surface area contributed by atoms with Crippen LogP contribution in [0.2, 0.25) is 16.6 Å². The summed E-state index contributed by atoms with van der Waals surface area (Å²) in [6.45, 7) is 12.8. The molecule has 8 nitrogen and oxygen atoms in total. The lowest BCUT2D eigenvalue weighted by atomic mass is 10.2. The molecule has 1 amide bonds. The van der Waals surface area contributed by atoms with E-state index in [0.717, 1.165) is 0 Å². The van der Waals surface area contributed by atoms with Gasteiger partial charge in [0.05, 0.1) is 11.5 Å². The Bertz CT molecular complexity index is 1330. The number of oxazole rings is 1. The largest absolute Gasteiger partial charge is 0.434 e. The van der Waals surface area contributed by atoms with Gasteiger partial charge in [0, 0.05) is 13.0 Å². The molecular weight excluding hydrogens is 544 g/mol. The van der Waals surface area contributed by atoms with Crippen molar-refractivity contribution in [2.75, 3.05) is 12.3 Å². The van der Waals surface area contributed by atoms with Gasteiger partial charge < -0.3 is 14.2 Å². The van der Waals surface area contributed by atoms with E-state index in [0.29, 0.717) is 23.1 Å². The van der Waals surface area contributed by atoms with Crippen molar-refractivity contribution in [2.45, 2.75) is 82.9 Å². The van der Waals surface area contributed by atoms with Crippen LogP contribution in [0.3, 0.4) is 0 Å². The first kappa shape index (κ1) is 31.7. The van der Waals surface area contributed by atoms with E-state index in [1.165, 1.54) is 0 Å². The number of carbonyl (C=O) groups is 2. The van der Waals surface area contributed by atoms with Crippen LogP contribution in [0.25, 0.3) is 11.1 Å². The van der Waals surface area contributed by atoms with Crippen molar-refractivity contribution in [1.29, 1.82) is 0 Å². The molecule has 3 aromatic rings. The monoisotopic (exact) mass is 586 g/mol. The molecule has 0 radical (unpaired) electrons. The molecule has 0 saturated carbocycles. The molecule has 0 aliphatic heterocycles. The Morgan fingerprint density at radius 3 is 2.12 bits per heavy atom. The van der Waals surface area contributed by atoms with Crippen molar-refractivity contribution < 1.29 is 26.9 Å². The van der Waals surface area contributed by atoms with Gasteiger partial charge in [-0.2, -0.15) is 0 Å². The number of aromatic nitrogens is 1. The van der Waals surface area contributed by atoms with E-state index in [1.807, 2.05) is 18.2 Å². The maximum Gasteiger partial charge on any atom is 0.264 e. The Labute approximate surface area is 239 Å². The first-order valence-corrected chi connectivity index (χ1v) is 17.9. The molecule has 0 aliphatic rings. The molecule has 1 atom stereocenters. The number of amides is 1. The van der Waals surface area contributed by atoms with Crippen molar-refractivity contribution >= 4 is 40.9 Å². The number of nitrogens with one attached hydrogen (secondary N) is 1. The van der Waals surface area contributed by atoms with Crippen LogP contribution < -0.4 is 5.32 Å². The smallest absolute Gasteiger partial charge is 0.264 e. The molecule has 2 aromatic carbocycles. The number of para-hydroxylation sites is 2. The van der Waals surface area contributed by atoms with Gasteiger partial charge in [0.15, 0.2) is 15.4 Å². The Hall–Kier alpha value is -2.82. The molecule has 218 valence electrons. The Kier molecular flexibility index (Phi) is 10.9. The van der Waals surface area contributed by atoms with E-state index in [2.05, 4.69) is 51.8 Å². The van der Waals surface area contributed by atoms with Crippen molar-refractivity contribution in [3.8, 4) is 0 Å². The molecule has 0 bridgehead atoms. The molecule has 0 aliphatic carbocycles. The van der Waals surface area contributed by atoms with Crippen LogP contribution >= 0.6 is 0 Å². The fraction of sp³-hybridized carbons (Fsp3) is 0.500. The number of hydrogen-bond acceptors (Lipinski definition) is 7. The second-order valence-corrected chi connectivity index (χ2v) is 18.8. The average molecular weight is 587 g/mol. The zero-order chi connectivity index (χ0) is 29.5. The standard InChI is InChI=1S/C30H42N2O6SSi/c1-21(2)40(22(3)4,23(5)6)38-28(20-39(35,36)19-24-13-8-7-9-14-24)29(34)31-18-12-16-26(33)30-32-25-15-10-11-17-27(25)37-30/h7-11,13-15,17,21-23,28H,12,16,18-20H2,1-6H3,(H,31,34)/t28-/m0/s1. The lowest BCUT2D eigenvalue weighted by Crippen LogP contribution is -2.55. The number of sulfone groups is 1. The topological polar surface area (TPSA) is 116 Å². The third-order valence-electron chi connectivity index (χ3n) is 7.39. The zero-order valence-corrected chi connectivity index (χ0v) is 26.2. The Balaban J connectivity index is 1.71. The summed E-state index contributed by atoms with van der Waals surface area (Å²) in [5.41, 5.74) is 2.35. The SMILES string of the molecule is CC(C)[Si](O[C@@H](CS(=O)(=O)Cc1ccccc1)C(=O)NCCCC(=O)c1nc2ccccc2o1)(C(C)C)C(C)C. The van der Waals surface area contributed by atoms with Crippen LogP contribution in [0.5, 0.6) is 0 Å². The molecule has 10 heteroatoms. The Morgan fingerprint density at radius 1 is 0.925 bits per heavy atom. The highest BCUT2D eigenvalue weighted by atomic mass is 32.2. The molecule has 1 aromatic heterocycles. The predicted molar refractivity (Wildman–Crippen MR) is 160 cm³/mol. The van der Waals surface area contributed by atoms with E-state index >= 15 is 0 Å². The van der Waals surface area contributed by atoms with Crippen molar-refractivity contribution in [3.63, 3.8) is 0 Å². The minimum atomic E-state index is -3.66. The van der Waals surface area contributed by atoms with Crippen LogP contribution in [-0.2, 0) is 24.8 Å². The summed E-state index contributed by atoms with van der Waals surface area (Å²) in [7, 11) is -6.23. The van der Waals surface area contributed by atoms with Crippen molar-refractivity contribution in [2.24, 2.45) is 0 Å². The van der Waals surface area contributed by atoms with E-state index < -0.39 is 35.9 Å². The highest BCUT2D eigenvalue weighted by Crippen LogP contribution is 2.43. The highest BCUT2D eigenvalue weighted by molar-refractivity contribution is 7.90. The van der Waals surface area contributed by atoms with E-state index in [-0.39, 0.29) is 47.0 Å². The summed E-state index contributed by atoms with van der Waals surface area (Å²) in [6.07, 6.45) is -0.651. The van der Waals surface area contributed by atoms with Gasteiger partial charge in [-0.25, -0.2) is 13.4 Å². The third-order valence-corrected chi connectivity index (χ3v) is 15.1. The summed E-state index contributed by atoms with van der Waals surface area (Å²) < 4.78 is 38.7. The fourth-order valence-corrected chi connectivity index (χ4v) is 12.7.